The molecule has 0 N–H and O–H groups in total. The summed E-state index contributed by atoms with van der Waals surface area (Å²) in [7, 11) is 0. The van der Waals surface area contributed by atoms with Gasteiger partial charge in [0.2, 0.25) is 0 Å². The number of hydrogen-bond acceptors (Lipinski definition) is 1. The van der Waals surface area contributed by atoms with Crippen LogP contribution in [0.3, 0.4) is 0 Å². The van der Waals surface area contributed by atoms with Gasteiger partial charge < -0.3 is 0 Å². The summed E-state index contributed by atoms with van der Waals surface area (Å²) in [6, 6.07) is 0. The van der Waals surface area contributed by atoms with Crippen molar-refractivity contribution in [2.24, 2.45) is 16.3 Å². The minimum Gasteiger partial charge on any atom is -0.264 e. The van der Waals surface area contributed by atoms with Crippen LogP contribution in [0.1, 0.15) is 13.8 Å². The summed E-state index contributed by atoms with van der Waals surface area (Å²) >= 11 is 0. The molecule has 70 valence electrons. The van der Waals surface area contributed by atoms with Crippen molar-refractivity contribution < 1.29 is 0 Å². The number of allylic oxidation sites excluding steroid dienone is 7. The highest BCUT2D eigenvalue weighted by Crippen LogP contribution is 2.52. The number of aliphatic imine (C=N–C) groups is 1. The highest BCUT2D eigenvalue weighted by atomic mass is 14.8. The van der Waals surface area contributed by atoms with Gasteiger partial charge in [0, 0.05) is 17.5 Å². The molecular weight excluding hydrogens is 170 g/mol. The largest absolute Gasteiger partial charge is 0.264 e. The summed E-state index contributed by atoms with van der Waals surface area (Å²) in [5.41, 5.74) is 4.03. The van der Waals surface area contributed by atoms with Crippen molar-refractivity contribution in [3.63, 3.8) is 0 Å². The van der Waals surface area contributed by atoms with Crippen molar-refractivity contribution in [1.29, 1.82) is 0 Å². The van der Waals surface area contributed by atoms with Gasteiger partial charge >= 0.3 is 0 Å². The number of hydrogen-bond donors (Lipinski definition) is 0. The van der Waals surface area contributed by atoms with E-state index in [1.807, 2.05) is 0 Å². The molecule has 0 radical (unpaired) electrons. The SMILES string of the molecule is CC1=CC=C2N=CC3C=CC(=C1)C23C. The Kier molecular flexibility index (Phi) is 1.34. The van der Waals surface area contributed by atoms with Gasteiger partial charge in [-0.3, -0.25) is 4.99 Å². The Bertz CT molecular complexity index is 446. The number of rotatable bonds is 0. The molecule has 3 rings (SSSR count). The molecule has 1 nitrogen and oxygen atoms in total. The van der Waals surface area contributed by atoms with Crippen LogP contribution in [-0.4, -0.2) is 6.21 Å². The average molecular weight is 183 g/mol. The van der Waals surface area contributed by atoms with Gasteiger partial charge in [0.05, 0.1) is 5.70 Å². The molecular formula is C13H13N. The van der Waals surface area contributed by atoms with Crippen LogP contribution >= 0.6 is 0 Å². The summed E-state index contributed by atoms with van der Waals surface area (Å²) < 4.78 is 0. The Balaban J connectivity index is 2.28. The van der Waals surface area contributed by atoms with E-state index in [1.54, 1.807) is 0 Å². The minimum atomic E-state index is 0.119. The Morgan fingerprint density at radius 1 is 1.36 bits per heavy atom. The molecule has 0 spiro atoms. The maximum Gasteiger partial charge on any atom is 0.0512 e. The van der Waals surface area contributed by atoms with E-state index < -0.39 is 0 Å². The fraction of sp³-hybridized carbons (Fsp3) is 0.308. The van der Waals surface area contributed by atoms with Crippen LogP contribution in [0.5, 0.6) is 0 Å². The lowest BCUT2D eigenvalue weighted by Gasteiger charge is -2.26. The van der Waals surface area contributed by atoms with Crippen molar-refractivity contribution >= 4 is 6.21 Å². The van der Waals surface area contributed by atoms with Gasteiger partial charge in [-0.15, -0.1) is 0 Å². The van der Waals surface area contributed by atoms with Crippen LogP contribution in [-0.2, 0) is 0 Å². The van der Waals surface area contributed by atoms with Crippen LogP contribution in [0.25, 0.3) is 0 Å². The molecule has 2 atom stereocenters. The van der Waals surface area contributed by atoms with Gasteiger partial charge in [0.15, 0.2) is 0 Å². The van der Waals surface area contributed by atoms with Crippen molar-refractivity contribution in [1.82, 2.24) is 0 Å². The second kappa shape index (κ2) is 2.35. The van der Waals surface area contributed by atoms with Crippen LogP contribution in [0.2, 0.25) is 0 Å². The quantitative estimate of drug-likeness (QED) is 0.547. The van der Waals surface area contributed by atoms with Gasteiger partial charge in [0.25, 0.3) is 0 Å². The fourth-order valence-corrected chi connectivity index (χ4v) is 2.50. The fourth-order valence-electron chi connectivity index (χ4n) is 2.50. The number of nitrogens with zero attached hydrogens (tertiary/aromatic N) is 1. The molecule has 1 aliphatic heterocycles. The normalized spacial score (nSPS) is 37.6. The third-order valence-corrected chi connectivity index (χ3v) is 3.54. The lowest BCUT2D eigenvalue weighted by Crippen LogP contribution is -2.21. The molecule has 0 aromatic carbocycles. The third kappa shape index (κ3) is 0.777. The zero-order valence-corrected chi connectivity index (χ0v) is 8.49. The van der Waals surface area contributed by atoms with Crippen LogP contribution in [0.15, 0.2) is 52.2 Å². The van der Waals surface area contributed by atoms with Crippen molar-refractivity contribution in [3.05, 3.63) is 47.2 Å². The molecule has 1 heteroatoms. The molecule has 1 heterocycles. The summed E-state index contributed by atoms with van der Waals surface area (Å²) in [4.78, 5) is 4.51. The molecule has 0 saturated heterocycles. The predicted octanol–water partition coefficient (Wildman–Crippen LogP) is 3.03. The van der Waals surface area contributed by atoms with E-state index in [4.69, 9.17) is 0 Å². The summed E-state index contributed by atoms with van der Waals surface area (Å²) in [6.45, 7) is 4.42. The Morgan fingerprint density at radius 3 is 3.07 bits per heavy atom. The molecule has 0 aromatic rings. The van der Waals surface area contributed by atoms with E-state index in [0.29, 0.717) is 5.92 Å². The monoisotopic (exact) mass is 183 g/mol. The van der Waals surface area contributed by atoms with E-state index in [9.17, 15) is 0 Å². The van der Waals surface area contributed by atoms with Crippen LogP contribution in [0.4, 0.5) is 0 Å². The zero-order chi connectivity index (χ0) is 9.76. The van der Waals surface area contributed by atoms with Crippen LogP contribution < -0.4 is 0 Å². The van der Waals surface area contributed by atoms with Gasteiger partial charge in [0.1, 0.15) is 0 Å². The average Bonchev–Trinajstić information content (AvgIpc) is 2.56. The Labute approximate surface area is 84.2 Å². The molecule has 0 amide bonds. The minimum absolute atomic E-state index is 0.119. The molecule has 14 heavy (non-hydrogen) atoms. The molecule has 0 saturated carbocycles. The topological polar surface area (TPSA) is 12.4 Å². The molecule has 0 aromatic heterocycles. The Hall–Kier alpha value is -1.37. The zero-order valence-electron chi connectivity index (χ0n) is 8.49. The maximum absolute atomic E-state index is 4.51. The molecule has 2 aliphatic carbocycles. The first-order valence-corrected chi connectivity index (χ1v) is 5.05. The first-order chi connectivity index (χ1) is 6.71. The second-order valence-corrected chi connectivity index (χ2v) is 4.43. The predicted molar refractivity (Wildman–Crippen MR) is 59.2 cm³/mol. The maximum atomic E-state index is 4.51. The Morgan fingerprint density at radius 2 is 2.21 bits per heavy atom. The summed E-state index contributed by atoms with van der Waals surface area (Å²) in [5, 5.41) is 0. The molecule has 3 aliphatic rings. The third-order valence-electron chi connectivity index (χ3n) is 3.54. The van der Waals surface area contributed by atoms with Gasteiger partial charge in [-0.05, 0) is 25.5 Å². The lowest BCUT2D eigenvalue weighted by atomic mass is 9.76. The molecule has 0 bridgehead atoms. The summed E-state index contributed by atoms with van der Waals surface area (Å²) in [5.74, 6) is 0.472. The van der Waals surface area contributed by atoms with E-state index in [1.165, 1.54) is 16.8 Å². The highest BCUT2D eigenvalue weighted by Gasteiger charge is 2.45. The van der Waals surface area contributed by atoms with E-state index in [-0.39, 0.29) is 5.41 Å². The van der Waals surface area contributed by atoms with E-state index >= 15 is 0 Å². The van der Waals surface area contributed by atoms with Gasteiger partial charge in [-0.1, -0.05) is 29.9 Å². The second-order valence-electron chi connectivity index (χ2n) is 4.43. The first kappa shape index (κ1) is 7.98. The first-order valence-electron chi connectivity index (χ1n) is 5.05. The van der Waals surface area contributed by atoms with Gasteiger partial charge in [-0.25, -0.2) is 0 Å². The highest BCUT2D eigenvalue weighted by molar-refractivity contribution is 5.77. The van der Waals surface area contributed by atoms with E-state index in [0.717, 1.165) is 0 Å². The standard InChI is InChI=1S/C13H13N/c1-9-3-6-12-13(2)10(7-9)4-5-11(13)8-14-12/h3-8,11H,1-2H3. The smallest absolute Gasteiger partial charge is 0.0512 e. The summed E-state index contributed by atoms with van der Waals surface area (Å²) in [6.07, 6.45) is 13.1. The van der Waals surface area contributed by atoms with Gasteiger partial charge in [-0.2, -0.15) is 0 Å². The van der Waals surface area contributed by atoms with Crippen LogP contribution in [0, 0.1) is 11.3 Å². The van der Waals surface area contributed by atoms with E-state index in [2.05, 4.69) is 55.4 Å². The molecule has 2 unspecified atom stereocenters. The van der Waals surface area contributed by atoms with Crippen molar-refractivity contribution in [3.8, 4) is 0 Å². The van der Waals surface area contributed by atoms with Crippen molar-refractivity contribution in [2.75, 3.05) is 0 Å². The lowest BCUT2D eigenvalue weighted by molar-refractivity contribution is 0.477. The molecule has 0 fully saturated rings. The van der Waals surface area contributed by atoms with Crippen molar-refractivity contribution in [2.45, 2.75) is 13.8 Å².